The second kappa shape index (κ2) is 14.1. The van der Waals surface area contributed by atoms with Crippen LogP contribution in [-0.4, -0.2) is 60.2 Å². The Kier molecular flexibility index (Phi) is 10.9. The third-order valence-corrected chi connectivity index (χ3v) is 6.70. The van der Waals surface area contributed by atoms with Crippen LogP contribution in [0.4, 0.5) is 0 Å². The Bertz CT molecular complexity index is 1300. The summed E-state index contributed by atoms with van der Waals surface area (Å²) in [5.74, 6) is -0.952. The number of rotatable bonds is 13. The fraction of sp³-hybridized carbons (Fsp3) is 0.367. The zero-order chi connectivity index (χ0) is 28.5. The van der Waals surface area contributed by atoms with Gasteiger partial charge in [0, 0.05) is 30.3 Å². The summed E-state index contributed by atoms with van der Waals surface area (Å²) in [4.78, 5) is 31.4. The summed E-state index contributed by atoms with van der Waals surface area (Å²) in [7, 11) is 4.02. The van der Waals surface area contributed by atoms with Gasteiger partial charge in [0.25, 0.3) is 5.91 Å². The first kappa shape index (κ1) is 30.1. The Balaban J connectivity index is 2.05. The van der Waals surface area contributed by atoms with Crippen molar-refractivity contribution < 1.29 is 19.4 Å². The summed E-state index contributed by atoms with van der Waals surface area (Å²) in [5.41, 5.74) is 10.2. The molecule has 1 atom stereocenters. The van der Waals surface area contributed by atoms with E-state index in [0.29, 0.717) is 29.6 Å². The number of halogens is 1. The van der Waals surface area contributed by atoms with Crippen LogP contribution >= 0.6 is 11.6 Å². The summed E-state index contributed by atoms with van der Waals surface area (Å²) in [6, 6.07) is 16.2. The summed E-state index contributed by atoms with van der Waals surface area (Å²) in [5, 5.41) is 12.6. The molecule has 0 aliphatic heterocycles. The predicted octanol–water partition coefficient (Wildman–Crippen LogP) is 5.09. The number of aliphatic carboxylic acids is 1. The molecule has 0 radical (unpaired) electrons. The van der Waals surface area contributed by atoms with Crippen LogP contribution in [-0.2, 0) is 11.3 Å². The molecule has 39 heavy (non-hydrogen) atoms. The number of carboxylic acid groups (broad SMARTS) is 1. The van der Waals surface area contributed by atoms with Crippen LogP contribution in [0, 0.1) is 5.92 Å². The molecule has 9 heteroatoms. The molecule has 0 saturated carbocycles. The van der Waals surface area contributed by atoms with Gasteiger partial charge in [-0.15, -0.1) is 0 Å². The lowest BCUT2D eigenvalue weighted by Gasteiger charge is -2.21. The van der Waals surface area contributed by atoms with Gasteiger partial charge in [-0.05, 0) is 61.8 Å². The molecule has 0 aliphatic carbocycles. The van der Waals surface area contributed by atoms with Crippen LogP contribution in [0.5, 0.6) is 5.75 Å². The maximum Gasteiger partial charge on any atom is 0.305 e. The lowest BCUT2D eigenvalue weighted by atomic mass is 9.94. The number of pyridine rings is 1. The van der Waals surface area contributed by atoms with Gasteiger partial charge in [0.1, 0.15) is 11.4 Å². The van der Waals surface area contributed by atoms with Crippen molar-refractivity contribution in [2.24, 2.45) is 11.7 Å². The first-order valence-corrected chi connectivity index (χ1v) is 13.4. The van der Waals surface area contributed by atoms with Crippen molar-refractivity contribution in [3.8, 4) is 28.1 Å². The topological polar surface area (TPSA) is 118 Å². The van der Waals surface area contributed by atoms with E-state index in [-0.39, 0.29) is 18.0 Å². The van der Waals surface area contributed by atoms with Crippen molar-refractivity contribution in [3.63, 3.8) is 0 Å². The highest BCUT2D eigenvalue weighted by atomic mass is 35.5. The second-order valence-corrected chi connectivity index (χ2v) is 10.4. The molecule has 0 aliphatic rings. The molecule has 0 saturated heterocycles. The summed E-state index contributed by atoms with van der Waals surface area (Å²) >= 11 is 6.46. The van der Waals surface area contributed by atoms with Gasteiger partial charge >= 0.3 is 5.97 Å². The van der Waals surface area contributed by atoms with E-state index >= 15 is 0 Å². The zero-order valence-corrected chi connectivity index (χ0v) is 23.7. The third-order valence-electron chi connectivity index (χ3n) is 6.38. The van der Waals surface area contributed by atoms with Crippen LogP contribution in [0.25, 0.3) is 22.4 Å². The van der Waals surface area contributed by atoms with Crippen molar-refractivity contribution in [2.75, 3.05) is 27.2 Å². The molecule has 0 spiro atoms. The van der Waals surface area contributed by atoms with Gasteiger partial charge in [-0.25, -0.2) is 4.98 Å². The molecule has 2 aromatic carbocycles. The Labute approximate surface area is 235 Å². The highest BCUT2D eigenvalue weighted by Gasteiger charge is 2.22. The van der Waals surface area contributed by atoms with Gasteiger partial charge in [-0.2, -0.15) is 0 Å². The smallest absolute Gasteiger partial charge is 0.305 e. The summed E-state index contributed by atoms with van der Waals surface area (Å²) in [6.45, 7) is 5.46. The number of nitrogens with zero attached hydrogens (tertiary/aromatic N) is 2. The van der Waals surface area contributed by atoms with E-state index in [2.05, 4.69) is 10.2 Å². The molecule has 4 N–H and O–H groups in total. The van der Waals surface area contributed by atoms with E-state index < -0.39 is 17.9 Å². The van der Waals surface area contributed by atoms with E-state index in [4.69, 9.17) is 27.1 Å². The van der Waals surface area contributed by atoms with Crippen molar-refractivity contribution in [2.45, 2.75) is 39.3 Å². The Morgan fingerprint density at radius 1 is 1.10 bits per heavy atom. The zero-order valence-electron chi connectivity index (χ0n) is 22.9. The maximum atomic E-state index is 13.2. The Morgan fingerprint density at radius 2 is 1.85 bits per heavy atom. The number of nitrogens with one attached hydrogen (secondary N) is 1. The molecule has 0 bridgehead atoms. The van der Waals surface area contributed by atoms with Crippen LogP contribution in [0.2, 0.25) is 5.02 Å². The monoisotopic (exact) mass is 552 g/mol. The quantitative estimate of drug-likeness (QED) is 0.253. The molecule has 1 amide bonds. The minimum atomic E-state index is -0.976. The minimum absolute atomic E-state index is 0.0660. The molecule has 3 rings (SSSR count). The SMILES string of the molecule is CC(C)[C@H](CC(=O)O)NC(=O)c1ccc(-c2ccccc2CN)c(-c2ccc(Cl)c(OCCCN(C)C)c2)n1. The summed E-state index contributed by atoms with van der Waals surface area (Å²) < 4.78 is 5.99. The normalized spacial score (nSPS) is 12.0. The number of carbonyl (C=O) groups excluding carboxylic acids is 1. The van der Waals surface area contributed by atoms with Gasteiger partial charge in [0.15, 0.2) is 0 Å². The van der Waals surface area contributed by atoms with Gasteiger partial charge in [0.2, 0.25) is 0 Å². The number of hydrogen-bond donors (Lipinski definition) is 3. The van der Waals surface area contributed by atoms with Crippen LogP contribution < -0.4 is 15.8 Å². The molecule has 0 unspecified atom stereocenters. The van der Waals surface area contributed by atoms with Gasteiger partial charge in [-0.1, -0.05) is 55.8 Å². The number of aromatic nitrogens is 1. The first-order chi connectivity index (χ1) is 18.6. The number of carbonyl (C=O) groups is 2. The molecule has 0 fully saturated rings. The Hall–Kier alpha value is -3.46. The van der Waals surface area contributed by atoms with E-state index in [9.17, 15) is 14.7 Å². The average Bonchev–Trinajstić information content (AvgIpc) is 2.90. The average molecular weight is 553 g/mol. The molecule has 1 heterocycles. The van der Waals surface area contributed by atoms with E-state index in [0.717, 1.165) is 35.2 Å². The van der Waals surface area contributed by atoms with Crippen molar-refractivity contribution in [1.29, 1.82) is 0 Å². The lowest BCUT2D eigenvalue weighted by Crippen LogP contribution is -2.40. The largest absolute Gasteiger partial charge is 0.492 e. The van der Waals surface area contributed by atoms with Crippen molar-refractivity contribution >= 4 is 23.5 Å². The van der Waals surface area contributed by atoms with Crippen molar-refractivity contribution in [1.82, 2.24) is 15.2 Å². The molecule has 208 valence electrons. The minimum Gasteiger partial charge on any atom is -0.492 e. The maximum absolute atomic E-state index is 13.2. The first-order valence-electron chi connectivity index (χ1n) is 13.0. The third kappa shape index (κ3) is 8.26. The standard InChI is InChI=1S/C30H37ClN4O4/c1-19(2)26(17-28(36)37)34-30(38)25-13-11-23(22-9-6-5-8-21(22)18-32)29(33-25)20-10-12-24(31)27(16-20)39-15-7-14-35(3)4/h5-6,8-13,16,19,26H,7,14-15,17-18,32H2,1-4H3,(H,34,38)(H,36,37)/t26-/m0/s1. The van der Waals surface area contributed by atoms with E-state index in [1.807, 2.05) is 70.4 Å². The fourth-order valence-electron chi connectivity index (χ4n) is 4.19. The Morgan fingerprint density at radius 3 is 2.51 bits per heavy atom. The predicted molar refractivity (Wildman–Crippen MR) is 155 cm³/mol. The van der Waals surface area contributed by atoms with E-state index in [1.165, 1.54) is 0 Å². The number of amides is 1. The number of nitrogens with two attached hydrogens (primary N) is 1. The number of ether oxygens (including phenoxy) is 1. The lowest BCUT2D eigenvalue weighted by molar-refractivity contribution is -0.137. The van der Waals surface area contributed by atoms with E-state index in [1.54, 1.807) is 12.1 Å². The molecular weight excluding hydrogens is 516 g/mol. The second-order valence-electron chi connectivity index (χ2n) is 10.0. The number of benzene rings is 2. The summed E-state index contributed by atoms with van der Waals surface area (Å²) in [6.07, 6.45) is 0.661. The number of hydrogen-bond acceptors (Lipinski definition) is 6. The highest BCUT2D eigenvalue weighted by molar-refractivity contribution is 6.32. The van der Waals surface area contributed by atoms with Gasteiger partial charge < -0.3 is 25.8 Å². The highest BCUT2D eigenvalue weighted by Crippen LogP contribution is 2.36. The number of carboxylic acids is 1. The van der Waals surface area contributed by atoms with Gasteiger partial charge in [0.05, 0.1) is 23.7 Å². The van der Waals surface area contributed by atoms with Crippen LogP contribution in [0.1, 0.15) is 42.7 Å². The van der Waals surface area contributed by atoms with Crippen molar-refractivity contribution in [3.05, 3.63) is 70.9 Å². The molecule has 3 aromatic rings. The van der Waals surface area contributed by atoms with Gasteiger partial charge in [-0.3, -0.25) is 9.59 Å². The van der Waals surface area contributed by atoms with Crippen LogP contribution in [0.15, 0.2) is 54.6 Å². The van der Waals surface area contributed by atoms with Crippen LogP contribution in [0.3, 0.4) is 0 Å². The molecular formula is C30H37ClN4O4. The fourth-order valence-corrected chi connectivity index (χ4v) is 4.36. The molecule has 1 aromatic heterocycles. The molecule has 8 nitrogen and oxygen atoms in total.